The minimum Gasteiger partial charge on any atom is -0.107 e. The van der Waals surface area contributed by atoms with Crippen molar-refractivity contribution in [1.82, 2.24) is 0 Å². The average molecular weight is 216 g/mol. The second-order valence-corrected chi connectivity index (χ2v) is 7.07. The first-order valence-electron chi connectivity index (χ1n) is 6.57. The zero-order valence-electron chi connectivity index (χ0n) is 10.5. The molecule has 0 heterocycles. The van der Waals surface area contributed by atoms with Gasteiger partial charge >= 0.3 is 0 Å². The van der Waals surface area contributed by atoms with E-state index in [1.54, 1.807) is 6.16 Å². The molecule has 0 N–H and O–H groups in total. The molecule has 86 valence electrons. The van der Waals surface area contributed by atoms with Crippen LogP contribution in [0.5, 0.6) is 0 Å². The predicted molar refractivity (Wildman–Crippen MR) is 70.9 cm³/mol. The Labute approximate surface area is 92.6 Å². The standard InChI is InChI=1S/C13H29P/c1-4-7-8-9-10-11-13-14(6-3)12-5-2/h4-13H2,1-3H3. The Bertz CT molecular complexity index is 101. The number of hydrogen-bond acceptors (Lipinski definition) is 0. The van der Waals surface area contributed by atoms with Gasteiger partial charge in [-0.25, -0.2) is 0 Å². The van der Waals surface area contributed by atoms with Crippen LogP contribution in [0.25, 0.3) is 0 Å². The minimum atomic E-state index is 0.417. The third-order valence-corrected chi connectivity index (χ3v) is 5.74. The molecule has 0 aliphatic carbocycles. The van der Waals surface area contributed by atoms with Gasteiger partial charge in [-0.3, -0.25) is 0 Å². The SMILES string of the molecule is CCCCCCCCP(CC)CCC. The van der Waals surface area contributed by atoms with Gasteiger partial charge in [-0.1, -0.05) is 59.3 Å². The van der Waals surface area contributed by atoms with E-state index < -0.39 is 0 Å². The maximum atomic E-state index is 2.37. The Hall–Kier alpha value is 0.430. The third-order valence-electron chi connectivity index (χ3n) is 2.81. The van der Waals surface area contributed by atoms with Gasteiger partial charge in [-0.15, -0.1) is 7.92 Å². The van der Waals surface area contributed by atoms with E-state index in [0.29, 0.717) is 7.92 Å². The highest BCUT2D eigenvalue weighted by Gasteiger charge is 2.02. The highest BCUT2D eigenvalue weighted by molar-refractivity contribution is 7.57. The Balaban J connectivity index is 3.15. The normalized spacial score (nSPS) is 13.1. The van der Waals surface area contributed by atoms with Crippen molar-refractivity contribution in [3.8, 4) is 0 Å². The van der Waals surface area contributed by atoms with Crippen molar-refractivity contribution in [2.75, 3.05) is 18.5 Å². The Morgan fingerprint density at radius 3 is 1.86 bits per heavy atom. The predicted octanol–water partition coefficient (Wildman–Crippen LogP) is 5.26. The zero-order valence-corrected chi connectivity index (χ0v) is 11.4. The fourth-order valence-corrected chi connectivity index (χ4v) is 4.02. The molecule has 0 aromatic rings. The van der Waals surface area contributed by atoms with Crippen LogP contribution in [0, 0.1) is 0 Å². The highest BCUT2D eigenvalue weighted by atomic mass is 31.1. The summed E-state index contributed by atoms with van der Waals surface area (Å²) in [7, 11) is 0.417. The summed E-state index contributed by atoms with van der Waals surface area (Å²) in [5, 5.41) is 0. The van der Waals surface area contributed by atoms with Crippen molar-refractivity contribution < 1.29 is 0 Å². The van der Waals surface area contributed by atoms with E-state index >= 15 is 0 Å². The molecule has 1 atom stereocenters. The first-order chi connectivity index (χ1) is 6.85. The largest absolute Gasteiger partial charge is 0.107 e. The summed E-state index contributed by atoms with van der Waals surface area (Å²) < 4.78 is 0. The molecule has 0 aromatic heterocycles. The van der Waals surface area contributed by atoms with Gasteiger partial charge in [0.2, 0.25) is 0 Å². The molecule has 0 amide bonds. The Morgan fingerprint density at radius 2 is 1.29 bits per heavy atom. The fraction of sp³-hybridized carbons (Fsp3) is 1.00. The van der Waals surface area contributed by atoms with Crippen LogP contribution in [0.1, 0.15) is 65.7 Å². The lowest BCUT2D eigenvalue weighted by Crippen LogP contribution is -1.92. The molecule has 0 spiro atoms. The summed E-state index contributed by atoms with van der Waals surface area (Å²) in [5.41, 5.74) is 0. The van der Waals surface area contributed by atoms with Crippen LogP contribution >= 0.6 is 7.92 Å². The van der Waals surface area contributed by atoms with Gasteiger partial charge in [0.05, 0.1) is 0 Å². The van der Waals surface area contributed by atoms with E-state index in [2.05, 4.69) is 20.8 Å². The van der Waals surface area contributed by atoms with E-state index in [-0.39, 0.29) is 0 Å². The van der Waals surface area contributed by atoms with Crippen LogP contribution in [0.4, 0.5) is 0 Å². The number of unbranched alkanes of at least 4 members (excludes halogenated alkanes) is 5. The molecule has 0 bridgehead atoms. The van der Waals surface area contributed by atoms with Crippen molar-refractivity contribution >= 4 is 7.92 Å². The van der Waals surface area contributed by atoms with Gasteiger partial charge in [0.15, 0.2) is 0 Å². The maximum Gasteiger partial charge on any atom is -0.0326 e. The summed E-state index contributed by atoms with van der Waals surface area (Å²) in [6.07, 6.45) is 14.7. The van der Waals surface area contributed by atoms with Crippen molar-refractivity contribution in [2.24, 2.45) is 0 Å². The Morgan fingerprint density at radius 1 is 0.643 bits per heavy atom. The van der Waals surface area contributed by atoms with Gasteiger partial charge < -0.3 is 0 Å². The quantitative estimate of drug-likeness (QED) is 0.345. The first kappa shape index (κ1) is 14.4. The lowest BCUT2D eigenvalue weighted by Gasteiger charge is -2.13. The van der Waals surface area contributed by atoms with Gasteiger partial charge in [0.25, 0.3) is 0 Å². The molecule has 0 nitrogen and oxygen atoms in total. The molecule has 0 fully saturated rings. The van der Waals surface area contributed by atoms with Crippen LogP contribution in [0.2, 0.25) is 0 Å². The van der Waals surface area contributed by atoms with Gasteiger partial charge in [-0.05, 0) is 24.9 Å². The summed E-state index contributed by atoms with van der Waals surface area (Å²) in [5.74, 6) is 0. The molecule has 0 aliphatic rings. The van der Waals surface area contributed by atoms with Gasteiger partial charge in [0, 0.05) is 0 Å². The van der Waals surface area contributed by atoms with Gasteiger partial charge in [0.1, 0.15) is 0 Å². The van der Waals surface area contributed by atoms with Crippen molar-refractivity contribution in [2.45, 2.75) is 65.7 Å². The summed E-state index contributed by atoms with van der Waals surface area (Å²) in [4.78, 5) is 0. The van der Waals surface area contributed by atoms with E-state index in [0.717, 1.165) is 0 Å². The average Bonchev–Trinajstić information content (AvgIpc) is 2.21. The number of rotatable bonds is 10. The van der Waals surface area contributed by atoms with Crippen molar-refractivity contribution in [3.05, 3.63) is 0 Å². The van der Waals surface area contributed by atoms with E-state index in [4.69, 9.17) is 0 Å². The smallest absolute Gasteiger partial charge is 0.0326 e. The second-order valence-electron chi connectivity index (χ2n) is 4.20. The molecular weight excluding hydrogens is 187 g/mol. The molecule has 0 saturated carbocycles. The van der Waals surface area contributed by atoms with Crippen LogP contribution in [-0.4, -0.2) is 18.5 Å². The minimum absolute atomic E-state index is 0.417. The number of hydrogen-bond donors (Lipinski definition) is 0. The molecule has 1 heteroatoms. The molecule has 0 aromatic carbocycles. The molecule has 14 heavy (non-hydrogen) atoms. The van der Waals surface area contributed by atoms with E-state index in [9.17, 15) is 0 Å². The zero-order chi connectivity index (χ0) is 10.6. The summed E-state index contributed by atoms with van der Waals surface area (Å²) >= 11 is 0. The first-order valence-corrected chi connectivity index (χ1v) is 8.47. The van der Waals surface area contributed by atoms with Crippen LogP contribution in [0.15, 0.2) is 0 Å². The Kier molecular flexibility index (Phi) is 11.9. The molecule has 0 saturated heterocycles. The summed E-state index contributed by atoms with van der Waals surface area (Å²) in [6, 6.07) is 0. The summed E-state index contributed by atoms with van der Waals surface area (Å²) in [6.45, 7) is 6.99. The second kappa shape index (κ2) is 11.5. The van der Waals surface area contributed by atoms with Crippen LogP contribution < -0.4 is 0 Å². The molecule has 0 radical (unpaired) electrons. The van der Waals surface area contributed by atoms with Crippen LogP contribution in [0.3, 0.4) is 0 Å². The maximum absolute atomic E-state index is 2.37. The van der Waals surface area contributed by atoms with Crippen molar-refractivity contribution in [3.63, 3.8) is 0 Å². The van der Waals surface area contributed by atoms with Gasteiger partial charge in [-0.2, -0.15) is 0 Å². The molecular formula is C13H29P. The topological polar surface area (TPSA) is 0 Å². The molecule has 0 rings (SSSR count). The third kappa shape index (κ3) is 9.00. The molecule has 0 aliphatic heterocycles. The molecule has 1 unspecified atom stereocenters. The van der Waals surface area contributed by atoms with E-state index in [1.165, 1.54) is 57.3 Å². The highest BCUT2D eigenvalue weighted by Crippen LogP contribution is 2.36. The van der Waals surface area contributed by atoms with Crippen LogP contribution in [-0.2, 0) is 0 Å². The monoisotopic (exact) mass is 216 g/mol. The lowest BCUT2D eigenvalue weighted by atomic mass is 10.1. The van der Waals surface area contributed by atoms with E-state index in [1.807, 2.05) is 0 Å². The lowest BCUT2D eigenvalue weighted by molar-refractivity contribution is 0.626. The fourth-order valence-electron chi connectivity index (χ4n) is 1.86. The van der Waals surface area contributed by atoms with Crippen molar-refractivity contribution in [1.29, 1.82) is 0 Å².